The predicted molar refractivity (Wildman–Crippen MR) is 67.1 cm³/mol. The standard InChI is InChI=1S/C12H12ClN3O2/c1-3-18-12(17)11-7-16(15-14-11)9-5-4-8(2)10(13)6-9/h4-7H,3H2,1-2H3. The van der Waals surface area contributed by atoms with Crippen LogP contribution in [0.3, 0.4) is 0 Å². The Morgan fingerprint density at radius 2 is 2.28 bits per heavy atom. The molecule has 0 radical (unpaired) electrons. The van der Waals surface area contributed by atoms with E-state index in [-0.39, 0.29) is 5.69 Å². The molecule has 0 saturated heterocycles. The fourth-order valence-corrected chi connectivity index (χ4v) is 1.59. The molecule has 1 aromatic carbocycles. The van der Waals surface area contributed by atoms with Crippen molar-refractivity contribution in [3.05, 3.63) is 40.7 Å². The zero-order valence-electron chi connectivity index (χ0n) is 10.1. The quantitative estimate of drug-likeness (QED) is 0.800. The van der Waals surface area contributed by atoms with Crippen molar-refractivity contribution < 1.29 is 9.53 Å². The van der Waals surface area contributed by atoms with Crippen LogP contribution in [0.15, 0.2) is 24.4 Å². The van der Waals surface area contributed by atoms with Gasteiger partial charge in [0.25, 0.3) is 0 Å². The van der Waals surface area contributed by atoms with Crippen LogP contribution in [-0.2, 0) is 4.74 Å². The second kappa shape index (κ2) is 5.18. The summed E-state index contributed by atoms with van der Waals surface area (Å²) < 4.78 is 6.32. The molecule has 0 N–H and O–H groups in total. The summed E-state index contributed by atoms with van der Waals surface area (Å²) in [6.07, 6.45) is 1.51. The van der Waals surface area contributed by atoms with Gasteiger partial charge in [0.15, 0.2) is 5.69 Å². The highest BCUT2D eigenvalue weighted by molar-refractivity contribution is 6.31. The first-order chi connectivity index (χ1) is 8.61. The average molecular weight is 266 g/mol. The van der Waals surface area contributed by atoms with E-state index >= 15 is 0 Å². The van der Waals surface area contributed by atoms with Crippen LogP contribution >= 0.6 is 11.6 Å². The molecule has 94 valence electrons. The normalized spacial score (nSPS) is 10.4. The molecule has 0 atom stereocenters. The van der Waals surface area contributed by atoms with Gasteiger partial charge in [-0.2, -0.15) is 0 Å². The number of esters is 1. The SMILES string of the molecule is CCOC(=O)c1cn(-c2ccc(C)c(Cl)c2)nn1. The third-order valence-electron chi connectivity index (χ3n) is 2.40. The van der Waals surface area contributed by atoms with Crippen LogP contribution in [0.2, 0.25) is 5.02 Å². The first-order valence-corrected chi connectivity index (χ1v) is 5.85. The number of carbonyl (C=O) groups excluding carboxylic acids is 1. The summed E-state index contributed by atoms with van der Waals surface area (Å²) in [4.78, 5) is 11.4. The second-order valence-electron chi connectivity index (χ2n) is 3.70. The summed E-state index contributed by atoms with van der Waals surface area (Å²) in [5, 5.41) is 8.27. The van der Waals surface area contributed by atoms with E-state index in [9.17, 15) is 4.79 Å². The number of benzene rings is 1. The van der Waals surface area contributed by atoms with Gasteiger partial charge in [-0.3, -0.25) is 0 Å². The first-order valence-electron chi connectivity index (χ1n) is 5.48. The summed E-state index contributed by atoms with van der Waals surface area (Å²) >= 11 is 6.03. The van der Waals surface area contributed by atoms with E-state index in [1.54, 1.807) is 13.0 Å². The van der Waals surface area contributed by atoms with Crippen LogP contribution in [0.1, 0.15) is 23.0 Å². The van der Waals surface area contributed by atoms with E-state index < -0.39 is 5.97 Å². The largest absolute Gasteiger partial charge is 0.461 e. The Kier molecular flexibility index (Phi) is 3.62. The van der Waals surface area contributed by atoms with Crippen LogP contribution in [0.5, 0.6) is 0 Å². The molecule has 2 aromatic rings. The molecule has 0 spiro atoms. The summed E-state index contributed by atoms with van der Waals surface area (Å²) in [6.45, 7) is 3.96. The Bertz CT molecular complexity index is 580. The Morgan fingerprint density at radius 1 is 1.50 bits per heavy atom. The van der Waals surface area contributed by atoms with Gasteiger partial charge in [0, 0.05) is 5.02 Å². The highest BCUT2D eigenvalue weighted by atomic mass is 35.5. The molecular formula is C12H12ClN3O2. The summed E-state index contributed by atoms with van der Waals surface area (Å²) in [5.41, 5.74) is 1.90. The third kappa shape index (κ3) is 2.51. The maximum absolute atomic E-state index is 11.4. The topological polar surface area (TPSA) is 57.0 Å². The van der Waals surface area contributed by atoms with Gasteiger partial charge in [-0.05, 0) is 31.5 Å². The number of nitrogens with zero attached hydrogens (tertiary/aromatic N) is 3. The lowest BCUT2D eigenvalue weighted by Crippen LogP contribution is -2.04. The molecule has 6 heteroatoms. The van der Waals surface area contributed by atoms with Gasteiger partial charge in [0.1, 0.15) is 0 Å². The van der Waals surface area contributed by atoms with Gasteiger partial charge in [0.05, 0.1) is 18.5 Å². The zero-order valence-corrected chi connectivity index (χ0v) is 10.8. The number of hydrogen-bond donors (Lipinski definition) is 0. The molecule has 2 rings (SSSR count). The third-order valence-corrected chi connectivity index (χ3v) is 2.81. The highest BCUT2D eigenvalue weighted by Gasteiger charge is 2.12. The Hall–Kier alpha value is -1.88. The maximum Gasteiger partial charge on any atom is 0.360 e. The van der Waals surface area contributed by atoms with Gasteiger partial charge in [-0.1, -0.05) is 22.9 Å². The van der Waals surface area contributed by atoms with Crippen molar-refractivity contribution in [2.24, 2.45) is 0 Å². The van der Waals surface area contributed by atoms with Crippen molar-refractivity contribution in [2.45, 2.75) is 13.8 Å². The number of ether oxygens (including phenoxy) is 1. The van der Waals surface area contributed by atoms with Gasteiger partial charge >= 0.3 is 5.97 Å². The van der Waals surface area contributed by atoms with Gasteiger partial charge in [0.2, 0.25) is 0 Å². The average Bonchev–Trinajstić information content (AvgIpc) is 2.82. The summed E-state index contributed by atoms with van der Waals surface area (Å²) in [5.74, 6) is -0.484. The highest BCUT2D eigenvalue weighted by Crippen LogP contribution is 2.18. The summed E-state index contributed by atoms with van der Waals surface area (Å²) in [7, 11) is 0. The minimum Gasteiger partial charge on any atom is -0.461 e. The molecule has 0 bridgehead atoms. The number of carbonyl (C=O) groups is 1. The lowest BCUT2D eigenvalue weighted by Gasteiger charge is -2.02. The number of halogens is 1. The predicted octanol–water partition coefficient (Wildman–Crippen LogP) is 2.41. The lowest BCUT2D eigenvalue weighted by molar-refractivity contribution is 0.0519. The molecule has 1 aromatic heterocycles. The molecular weight excluding hydrogens is 254 g/mol. The van der Waals surface area contributed by atoms with E-state index in [0.717, 1.165) is 11.3 Å². The number of aromatic nitrogens is 3. The molecule has 5 nitrogen and oxygen atoms in total. The molecule has 0 saturated carbocycles. The summed E-state index contributed by atoms with van der Waals surface area (Å²) in [6, 6.07) is 5.49. The first kappa shape index (κ1) is 12.6. The molecule has 0 amide bonds. The van der Waals surface area contributed by atoms with Crippen LogP contribution in [-0.4, -0.2) is 27.6 Å². The van der Waals surface area contributed by atoms with Crippen molar-refractivity contribution in [2.75, 3.05) is 6.61 Å². The van der Waals surface area contributed by atoms with Crippen molar-refractivity contribution in [1.29, 1.82) is 0 Å². The molecule has 0 aliphatic carbocycles. The number of rotatable bonds is 3. The molecule has 1 heterocycles. The fourth-order valence-electron chi connectivity index (χ4n) is 1.41. The molecule has 0 aliphatic rings. The van der Waals surface area contributed by atoms with E-state index in [1.807, 2.05) is 19.1 Å². The van der Waals surface area contributed by atoms with Crippen molar-refractivity contribution in [3.63, 3.8) is 0 Å². The molecule has 0 fully saturated rings. The van der Waals surface area contributed by atoms with Crippen LogP contribution in [0.4, 0.5) is 0 Å². The Labute approximate surface area is 109 Å². The monoisotopic (exact) mass is 265 g/mol. The minimum absolute atomic E-state index is 0.175. The number of hydrogen-bond acceptors (Lipinski definition) is 4. The van der Waals surface area contributed by atoms with Crippen molar-refractivity contribution in [1.82, 2.24) is 15.0 Å². The second-order valence-corrected chi connectivity index (χ2v) is 4.11. The van der Waals surface area contributed by atoms with Crippen LogP contribution in [0.25, 0.3) is 5.69 Å². The maximum atomic E-state index is 11.4. The van der Waals surface area contributed by atoms with E-state index in [1.165, 1.54) is 10.9 Å². The van der Waals surface area contributed by atoms with Crippen LogP contribution in [0, 0.1) is 6.92 Å². The van der Waals surface area contributed by atoms with E-state index in [0.29, 0.717) is 11.6 Å². The fraction of sp³-hybridized carbons (Fsp3) is 0.250. The zero-order chi connectivity index (χ0) is 13.1. The van der Waals surface area contributed by atoms with Gasteiger partial charge < -0.3 is 4.74 Å². The number of aryl methyl sites for hydroxylation is 1. The minimum atomic E-state index is -0.484. The molecule has 0 unspecified atom stereocenters. The molecule has 18 heavy (non-hydrogen) atoms. The van der Waals surface area contributed by atoms with Gasteiger partial charge in [-0.15, -0.1) is 5.10 Å². The van der Waals surface area contributed by atoms with Crippen molar-refractivity contribution in [3.8, 4) is 5.69 Å². The van der Waals surface area contributed by atoms with Crippen LogP contribution < -0.4 is 0 Å². The smallest absolute Gasteiger partial charge is 0.360 e. The van der Waals surface area contributed by atoms with Gasteiger partial charge in [-0.25, -0.2) is 9.48 Å². The Balaban J connectivity index is 2.29. The van der Waals surface area contributed by atoms with E-state index in [2.05, 4.69) is 10.3 Å². The molecule has 0 aliphatic heterocycles. The van der Waals surface area contributed by atoms with Crippen molar-refractivity contribution >= 4 is 17.6 Å². The lowest BCUT2D eigenvalue weighted by atomic mass is 10.2. The van der Waals surface area contributed by atoms with E-state index in [4.69, 9.17) is 16.3 Å². The Morgan fingerprint density at radius 3 is 2.94 bits per heavy atom.